The van der Waals surface area contributed by atoms with E-state index in [0.717, 1.165) is 16.5 Å². The van der Waals surface area contributed by atoms with Gasteiger partial charge in [-0.05, 0) is 12.1 Å². The summed E-state index contributed by atoms with van der Waals surface area (Å²) >= 11 is 1.62. The van der Waals surface area contributed by atoms with Crippen molar-refractivity contribution >= 4 is 11.8 Å². The van der Waals surface area contributed by atoms with E-state index in [1.165, 1.54) is 0 Å². The molecule has 0 saturated carbocycles. The molecule has 2 aromatic heterocycles. The Hall–Kier alpha value is -2.05. The van der Waals surface area contributed by atoms with Crippen LogP contribution in [0.2, 0.25) is 0 Å². The van der Waals surface area contributed by atoms with Gasteiger partial charge in [-0.25, -0.2) is 9.97 Å². The molecule has 0 amide bonds. The summed E-state index contributed by atoms with van der Waals surface area (Å²) in [5.74, 6) is 2.91. The molecule has 3 aromatic rings. The Kier molecular flexibility index (Phi) is 6.01. The zero-order chi connectivity index (χ0) is 20.5. The average molecular weight is 399 g/mol. The molecule has 2 heterocycles. The second-order valence-corrected chi connectivity index (χ2v) is 9.01. The van der Waals surface area contributed by atoms with Crippen LogP contribution in [0.5, 0.6) is 0 Å². The maximum atomic E-state index is 11.9. The van der Waals surface area contributed by atoms with E-state index in [0.29, 0.717) is 17.1 Å². The van der Waals surface area contributed by atoms with Crippen LogP contribution < -0.4 is 0 Å². The second kappa shape index (κ2) is 8.13. The molecule has 28 heavy (non-hydrogen) atoms. The van der Waals surface area contributed by atoms with Crippen molar-refractivity contribution in [3.63, 3.8) is 0 Å². The third-order valence-corrected chi connectivity index (χ3v) is 6.06. The maximum Gasteiger partial charge on any atom is 0.160 e. The highest BCUT2D eigenvalue weighted by Crippen LogP contribution is 2.36. The lowest BCUT2D eigenvalue weighted by Crippen LogP contribution is -2.31. The molecule has 0 aliphatic carbocycles. The molecule has 0 aliphatic rings. The Morgan fingerprint density at radius 2 is 1.36 bits per heavy atom. The van der Waals surface area contributed by atoms with Gasteiger partial charge in [0.2, 0.25) is 0 Å². The zero-order valence-corrected chi connectivity index (χ0v) is 18.4. The lowest BCUT2D eigenvalue weighted by Gasteiger charge is -2.24. The Balaban J connectivity index is 2.05. The molecule has 0 spiro atoms. The van der Waals surface area contributed by atoms with Crippen molar-refractivity contribution in [1.82, 2.24) is 19.1 Å². The van der Waals surface area contributed by atoms with Crippen molar-refractivity contribution in [3.05, 3.63) is 65.8 Å². The molecule has 0 radical (unpaired) electrons. The first-order valence-corrected chi connectivity index (χ1v) is 10.7. The second-order valence-electron chi connectivity index (χ2n) is 7.96. The van der Waals surface area contributed by atoms with Gasteiger partial charge in [0.1, 0.15) is 11.6 Å². The highest BCUT2D eigenvalue weighted by molar-refractivity contribution is 7.99. The van der Waals surface area contributed by atoms with Crippen molar-refractivity contribution in [2.24, 2.45) is 14.1 Å². The average Bonchev–Trinajstić information content (AvgIpc) is 3.24. The quantitative estimate of drug-likeness (QED) is 0.598. The Morgan fingerprint density at radius 3 is 1.75 bits per heavy atom. The smallest absolute Gasteiger partial charge is 0.160 e. The van der Waals surface area contributed by atoms with Gasteiger partial charge < -0.3 is 14.2 Å². The van der Waals surface area contributed by atoms with E-state index in [9.17, 15) is 5.11 Å². The van der Waals surface area contributed by atoms with Crippen molar-refractivity contribution in [1.29, 1.82) is 0 Å². The van der Waals surface area contributed by atoms with Gasteiger partial charge in [0, 0.05) is 49.0 Å². The normalized spacial score (nSPS) is 12.3. The Morgan fingerprint density at radius 1 is 0.893 bits per heavy atom. The molecule has 0 bridgehead atoms. The summed E-state index contributed by atoms with van der Waals surface area (Å²) in [4.78, 5) is 10.7. The summed E-state index contributed by atoms with van der Waals surface area (Å²) in [5, 5.41) is 11.9. The molecular weight excluding hydrogens is 368 g/mol. The van der Waals surface area contributed by atoms with Crippen molar-refractivity contribution in [3.8, 4) is 0 Å². The summed E-state index contributed by atoms with van der Waals surface area (Å²) in [6.07, 6.45) is 3.87. The summed E-state index contributed by atoms with van der Waals surface area (Å²) in [7, 11) is 3.96. The van der Waals surface area contributed by atoms with E-state index in [1.807, 2.05) is 53.8 Å². The van der Waals surface area contributed by atoms with Crippen LogP contribution in [0, 0.1) is 0 Å². The molecular formula is C22H30N4OS. The van der Waals surface area contributed by atoms with Crippen LogP contribution in [-0.2, 0) is 19.7 Å². The van der Waals surface area contributed by atoms with Crippen LogP contribution >= 0.6 is 11.8 Å². The van der Waals surface area contributed by atoms with E-state index < -0.39 is 5.60 Å². The van der Waals surface area contributed by atoms with Crippen LogP contribution in [-0.4, -0.2) is 30.0 Å². The molecule has 1 aromatic carbocycles. The number of nitrogens with zero attached hydrogens (tertiary/aromatic N) is 4. The summed E-state index contributed by atoms with van der Waals surface area (Å²) in [6.45, 7) is 8.45. The van der Waals surface area contributed by atoms with E-state index in [1.54, 1.807) is 11.8 Å². The van der Waals surface area contributed by atoms with Crippen molar-refractivity contribution < 1.29 is 5.11 Å². The molecule has 0 aliphatic heterocycles. The van der Waals surface area contributed by atoms with Crippen molar-refractivity contribution in [2.75, 3.05) is 5.75 Å². The van der Waals surface area contributed by atoms with Crippen LogP contribution in [0.25, 0.3) is 0 Å². The summed E-state index contributed by atoms with van der Waals surface area (Å²) < 4.78 is 4.01. The highest BCUT2D eigenvalue weighted by Gasteiger charge is 2.38. The lowest BCUT2D eigenvalue weighted by molar-refractivity contribution is 0.0983. The molecule has 1 N–H and O–H groups in total. The zero-order valence-electron chi connectivity index (χ0n) is 17.5. The fraction of sp³-hybridized carbons (Fsp3) is 0.455. The number of rotatable bonds is 7. The number of aryl methyl sites for hydroxylation is 2. The van der Waals surface area contributed by atoms with E-state index >= 15 is 0 Å². The number of aliphatic hydroxyl groups is 1. The molecule has 5 nitrogen and oxygen atoms in total. The Labute approximate surface area is 171 Å². The standard InChI is InChI=1S/C22H30N4OS/c1-15(2)20-23-18(12-25(20)5)22(27,14-28-17-10-8-7-9-11-17)19-13-26(6)21(24-19)16(3)4/h7-13,15-16,27H,14H2,1-6H3. The van der Waals surface area contributed by atoms with Gasteiger partial charge in [-0.15, -0.1) is 11.8 Å². The van der Waals surface area contributed by atoms with E-state index in [4.69, 9.17) is 9.97 Å². The summed E-state index contributed by atoms with van der Waals surface area (Å²) in [5.41, 5.74) is 0.0297. The third-order valence-electron chi connectivity index (χ3n) is 4.90. The first-order chi connectivity index (χ1) is 13.2. The van der Waals surface area contributed by atoms with Gasteiger partial charge in [0.05, 0.1) is 11.4 Å². The fourth-order valence-electron chi connectivity index (χ4n) is 3.42. The number of aromatic nitrogens is 4. The minimum absolute atomic E-state index is 0.278. The number of imidazole rings is 2. The predicted molar refractivity (Wildman–Crippen MR) is 115 cm³/mol. The molecule has 0 atom stereocenters. The van der Waals surface area contributed by atoms with Crippen LogP contribution in [0.4, 0.5) is 0 Å². The van der Waals surface area contributed by atoms with Crippen molar-refractivity contribution in [2.45, 2.75) is 50.0 Å². The van der Waals surface area contributed by atoms with Gasteiger partial charge in [-0.1, -0.05) is 45.9 Å². The van der Waals surface area contributed by atoms with Gasteiger partial charge >= 0.3 is 0 Å². The number of hydrogen-bond acceptors (Lipinski definition) is 4. The molecule has 0 unspecified atom stereocenters. The van der Waals surface area contributed by atoms with E-state index in [-0.39, 0.29) is 11.8 Å². The topological polar surface area (TPSA) is 55.9 Å². The molecule has 0 saturated heterocycles. The number of thioether (sulfide) groups is 1. The maximum absolute atomic E-state index is 11.9. The molecule has 150 valence electrons. The van der Waals surface area contributed by atoms with E-state index in [2.05, 4.69) is 39.8 Å². The molecule has 6 heteroatoms. The minimum atomic E-state index is -1.27. The third kappa shape index (κ3) is 4.03. The predicted octanol–water partition coefficient (Wildman–Crippen LogP) is 4.43. The molecule has 3 rings (SSSR count). The molecule has 0 fully saturated rings. The van der Waals surface area contributed by atoms with Gasteiger partial charge in [0.25, 0.3) is 0 Å². The minimum Gasteiger partial charge on any atom is -0.376 e. The monoisotopic (exact) mass is 398 g/mol. The first-order valence-electron chi connectivity index (χ1n) is 9.70. The van der Waals surface area contributed by atoms with Crippen LogP contribution in [0.1, 0.15) is 62.6 Å². The van der Waals surface area contributed by atoms with Gasteiger partial charge in [-0.3, -0.25) is 0 Å². The van der Waals surface area contributed by atoms with Gasteiger partial charge in [0.15, 0.2) is 5.60 Å². The fourth-order valence-corrected chi connectivity index (χ4v) is 4.44. The number of hydrogen-bond donors (Lipinski definition) is 1. The SMILES string of the molecule is CC(C)c1nc(C(O)(CSc2ccccc2)c2cn(C)c(C(C)C)n2)cn1C. The highest BCUT2D eigenvalue weighted by atomic mass is 32.2. The number of benzene rings is 1. The van der Waals surface area contributed by atoms with Gasteiger partial charge in [-0.2, -0.15) is 0 Å². The Bertz CT molecular complexity index is 875. The van der Waals surface area contributed by atoms with Crippen LogP contribution in [0.15, 0.2) is 47.6 Å². The largest absolute Gasteiger partial charge is 0.376 e. The van der Waals surface area contributed by atoms with Crippen LogP contribution in [0.3, 0.4) is 0 Å². The first kappa shape index (κ1) is 20.7. The lowest BCUT2D eigenvalue weighted by atomic mass is 9.99. The summed E-state index contributed by atoms with van der Waals surface area (Å²) in [6, 6.07) is 10.1.